The summed E-state index contributed by atoms with van der Waals surface area (Å²) in [5.74, 6) is 3.40. The number of nitrogens with zero attached hydrogens (tertiary/aromatic N) is 4. The molecule has 0 spiro atoms. The fraction of sp³-hybridized carbons (Fsp3) is 0.214. The molecule has 5 nitrogen and oxygen atoms in total. The largest absolute Gasteiger partial charge is 2.00 e. The van der Waals surface area contributed by atoms with E-state index in [4.69, 9.17) is 14.7 Å². The van der Waals surface area contributed by atoms with Crippen LogP contribution in [0.3, 0.4) is 0 Å². The number of para-hydroxylation sites is 1. The van der Waals surface area contributed by atoms with Gasteiger partial charge >= 0.3 is 21.1 Å². The van der Waals surface area contributed by atoms with Gasteiger partial charge in [0.15, 0.2) is 0 Å². The minimum Gasteiger partial charge on any atom is -0.503 e. The molecule has 0 amide bonds. The Hall–Kier alpha value is -6.03. The first kappa shape index (κ1) is 41.3. The summed E-state index contributed by atoms with van der Waals surface area (Å²) in [6.45, 7) is 18.5. The van der Waals surface area contributed by atoms with E-state index in [0.717, 1.165) is 54.9 Å². The van der Waals surface area contributed by atoms with Crippen LogP contribution in [-0.4, -0.2) is 18.9 Å². The number of imidazole rings is 1. The Morgan fingerprint density at radius 3 is 1.79 bits per heavy atom. The van der Waals surface area contributed by atoms with E-state index in [-0.39, 0.29) is 21.1 Å². The molecule has 0 saturated carbocycles. The molecule has 10 rings (SSSR count). The van der Waals surface area contributed by atoms with Crippen molar-refractivity contribution < 1.29 is 25.8 Å². The second-order valence-corrected chi connectivity index (χ2v) is 17.6. The zero-order valence-corrected chi connectivity index (χ0v) is 38.8. The third-order valence-corrected chi connectivity index (χ3v) is 12.4. The van der Waals surface area contributed by atoms with Crippen LogP contribution in [0.4, 0.5) is 0 Å². The molecule has 0 saturated heterocycles. The fourth-order valence-corrected chi connectivity index (χ4v) is 9.56. The van der Waals surface area contributed by atoms with Gasteiger partial charge in [-0.3, -0.25) is 4.98 Å². The average molecular weight is 990 g/mol. The zero-order chi connectivity index (χ0) is 42.1. The molecular weight excluding hydrogens is 940 g/mol. The molecular formula is C56H50N4OPt. The van der Waals surface area contributed by atoms with Crippen LogP contribution in [0.25, 0.3) is 77.2 Å². The number of benzene rings is 6. The van der Waals surface area contributed by atoms with Crippen LogP contribution < -0.4 is 4.74 Å². The first-order chi connectivity index (χ1) is 29.6. The summed E-state index contributed by atoms with van der Waals surface area (Å²) in [6.07, 6.45) is 5.84. The molecule has 0 aliphatic carbocycles. The molecule has 0 N–H and O–H groups in total. The maximum Gasteiger partial charge on any atom is 2.00 e. The van der Waals surface area contributed by atoms with Crippen LogP contribution in [0.5, 0.6) is 11.5 Å². The first-order valence-corrected chi connectivity index (χ1v) is 21.7. The van der Waals surface area contributed by atoms with Gasteiger partial charge in [-0.05, 0) is 97.7 Å². The molecule has 6 aromatic carbocycles. The third-order valence-electron chi connectivity index (χ3n) is 12.4. The van der Waals surface area contributed by atoms with Gasteiger partial charge in [-0.15, -0.1) is 29.7 Å². The van der Waals surface area contributed by atoms with Crippen LogP contribution in [0.1, 0.15) is 101 Å². The van der Waals surface area contributed by atoms with Crippen LogP contribution in [0.2, 0.25) is 0 Å². The number of pyridine rings is 2. The summed E-state index contributed by atoms with van der Waals surface area (Å²) in [4.78, 5) is 9.73. The van der Waals surface area contributed by atoms with Crippen molar-refractivity contribution in [3.63, 3.8) is 0 Å². The number of hydrogen-bond donors (Lipinski definition) is 0. The molecule has 0 atom stereocenters. The van der Waals surface area contributed by atoms with Gasteiger partial charge in [0.05, 0.1) is 5.65 Å². The maximum atomic E-state index is 6.69. The molecule has 0 aliphatic heterocycles. The van der Waals surface area contributed by atoms with Crippen LogP contribution >= 0.6 is 0 Å². The second kappa shape index (κ2) is 16.3. The summed E-state index contributed by atoms with van der Waals surface area (Å²) < 4.78 is 11.1. The van der Waals surface area contributed by atoms with Gasteiger partial charge in [-0.2, -0.15) is 6.07 Å². The van der Waals surface area contributed by atoms with E-state index in [1.54, 1.807) is 0 Å². The number of aromatic nitrogens is 4. The smallest absolute Gasteiger partial charge is 0.503 e. The Bertz CT molecular complexity index is 3250. The summed E-state index contributed by atoms with van der Waals surface area (Å²) in [7, 11) is 0. The summed E-state index contributed by atoms with van der Waals surface area (Å²) in [6, 6.07) is 48.7. The van der Waals surface area contributed by atoms with E-state index in [9.17, 15) is 0 Å². The summed E-state index contributed by atoms with van der Waals surface area (Å²) in [5.41, 5.74) is 14.5. The van der Waals surface area contributed by atoms with Crippen molar-refractivity contribution in [1.82, 2.24) is 18.9 Å². The number of ether oxygens (including phenoxy) is 1. The molecule has 4 aromatic heterocycles. The van der Waals surface area contributed by atoms with Gasteiger partial charge in [0, 0.05) is 46.7 Å². The maximum absolute atomic E-state index is 6.69. The van der Waals surface area contributed by atoms with Crippen molar-refractivity contribution in [2.45, 2.75) is 79.1 Å². The van der Waals surface area contributed by atoms with E-state index in [1.807, 2.05) is 42.7 Å². The van der Waals surface area contributed by atoms with Crippen molar-refractivity contribution in [1.29, 1.82) is 0 Å². The van der Waals surface area contributed by atoms with Crippen molar-refractivity contribution in [2.24, 2.45) is 0 Å². The minimum atomic E-state index is 0. The monoisotopic (exact) mass is 989 g/mol. The van der Waals surface area contributed by atoms with E-state index in [0.29, 0.717) is 35.2 Å². The normalized spacial score (nSPS) is 12.0. The summed E-state index contributed by atoms with van der Waals surface area (Å²) >= 11 is 0. The van der Waals surface area contributed by atoms with Gasteiger partial charge in [-0.1, -0.05) is 144 Å². The molecule has 4 heterocycles. The van der Waals surface area contributed by atoms with E-state index in [2.05, 4.69) is 168 Å². The Labute approximate surface area is 378 Å². The van der Waals surface area contributed by atoms with E-state index in [1.165, 1.54) is 44.5 Å². The molecule has 62 heavy (non-hydrogen) atoms. The molecule has 310 valence electrons. The molecule has 6 heteroatoms. The quantitative estimate of drug-likeness (QED) is 0.107. The predicted molar refractivity (Wildman–Crippen MR) is 254 cm³/mol. The topological polar surface area (TPSA) is 44.3 Å². The summed E-state index contributed by atoms with van der Waals surface area (Å²) in [5, 5.41) is 5.38. The standard InChI is InChI=1S/C56H50N4O.Pt/c1-33(2)40-16-13-17-41(34(3)4)53(40)37-29-47-44-24-22-38(61-39-23-25-46-45-15-9-10-20-50(45)60(51(46)32-39)52-21-11-12-26-57-52)31-48(44)56-58-27-28-59(56)55(47)49(30-37)54-42(35(5)6)18-14-19-43(54)36(7)8;/h9-30,33-36H,1-8H3;/q-2;+2. The van der Waals surface area contributed by atoms with Gasteiger partial charge in [0.25, 0.3) is 0 Å². The van der Waals surface area contributed by atoms with Gasteiger partial charge < -0.3 is 13.7 Å². The average Bonchev–Trinajstić information content (AvgIpc) is 3.89. The Morgan fingerprint density at radius 2 is 1.15 bits per heavy atom. The van der Waals surface area contributed by atoms with Gasteiger partial charge in [0.2, 0.25) is 0 Å². The van der Waals surface area contributed by atoms with E-state index < -0.39 is 0 Å². The van der Waals surface area contributed by atoms with Crippen LogP contribution in [-0.2, 0) is 21.1 Å². The minimum absolute atomic E-state index is 0. The first-order valence-electron chi connectivity index (χ1n) is 21.7. The Kier molecular flexibility index (Phi) is 10.9. The van der Waals surface area contributed by atoms with Crippen molar-refractivity contribution in [3.8, 4) is 39.6 Å². The number of hydrogen-bond acceptors (Lipinski definition) is 3. The SMILES string of the molecule is CC(C)c1cccc(C(C)C)c1-c1cc(-c2c(C(C)C)cccc2C(C)C)c2c(c1)c1ccc(Oc3[c-]c4c(cc3)c3ccccc3n4-c3ccccn3)[c-]c1c1nccn12.[Pt+2]. The van der Waals surface area contributed by atoms with Crippen LogP contribution in [0, 0.1) is 12.1 Å². The number of rotatable bonds is 9. The molecule has 0 fully saturated rings. The fourth-order valence-electron chi connectivity index (χ4n) is 9.56. The van der Waals surface area contributed by atoms with Crippen LogP contribution in [0.15, 0.2) is 134 Å². The molecule has 10 aromatic rings. The molecule has 0 bridgehead atoms. The zero-order valence-electron chi connectivity index (χ0n) is 36.5. The Balaban J connectivity index is 0.00000490. The predicted octanol–water partition coefficient (Wildman–Crippen LogP) is 15.4. The van der Waals surface area contributed by atoms with Crippen molar-refractivity contribution in [2.75, 3.05) is 0 Å². The molecule has 0 radical (unpaired) electrons. The Morgan fingerprint density at radius 1 is 0.532 bits per heavy atom. The second-order valence-electron chi connectivity index (χ2n) is 17.6. The van der Waals surface area contributed by atoms with Gasteiger partial charge in [-0.25, -0.2) is 4.98 Å². The van der Waals surface area contributed by atoms with Crippen molar-refractivity contribution in [3.05, 3.63) is 168 Å². The third kappa shape index (κ3) is 6.82. The van der Waals surface area contributed by atoms with E-state index >= 15 is 0 Å². The molecule has 0 unspecified atom stereocenters. The molecule has 0 aliphatic rings. The number of fused-ring (bicyclic) bond motifs is 9. The van der Waals surface area contributed by atoms with Crippen molar-refractivity contribution >= 4 is 49.1 Å². The van der Waals surface area contributed by atoms with Gasteiger partial charge in [0.1, 0.15) is 5.82 Å².